The molecule has 0 aromatic heterocycles. The number of likely N-dealkylation sites (N-methyl/N-ethyl adjacent to an activating group) is 1. The smallest absolute Gasteiger partial charge is 0.265 e. The highest BCUT2D eigenvalue weighted by Crippen LogP contribution is 2.18. The lowest BCUT2D eigenvalue weighted by molar-refractivity contribution is -0.169. The molecule has 5 nitrogen and oxygen atoms in total. The van der Waals surface area contributed by atoms with E-state index in [1.807, 2.05) is 0 Å². The molecule has 0 aromatic carbocycles. The number of thioether (sulfide) groups is 1. The number of rotatable bonds is 3. The van der Waals surface area contributed by atoms with Gasteiger partial charge in [-0.2, -0.15) is 0 Å². The molecule has 1 heterocycles. The second kappa shape index (κ2) is 4.72. The maximum absolute atomic E-state index is 11.4. The van der Waals surface area contributed by atoms with Crippen LogP contribution in [0.4, 0.5) is 0 Å². The Labute approximate surface area is 91.3 Å². The Morgan fingerprint density at radius 3 is 2.86 bits per heavy atom. The van der Waals surface area contributed by atoms with Crippen LogP contribution in [0.5, 0.6) is 0 Å². The molecule has 2 amide bonds. The number of thiocarbonyl (C=S) groups is 1. The van der Waals surface area contributed by atoms with Crippen molar-refractivity contribution in [2.24, 2.45) is 0 Å². The number of hydrogen-bond acceptors (Lipinski definition) is 5. The molecule has 0 bridgehead atoms. The quantitative estimate of drug-likeness (QED) is 0.503. The monoisotopic (exact) mass is 234 g/mol. The molecule has 1 fully saturated rings. The second-order valence-electron chi connectivity index (χ2n) is 2.61. The third-order valence-electron chi connectivity index (χ3n) is 1.76. The van der Waals surface area contributed by atoms with Crippen molar-refractivity contribution >= 4 is 40.1 Å². The molecule has 0 aromatic rings. The zero-order valence-corrected chi connectivity index (χ0v) is 9.48. The van der Waals surface area contributed by atoms with E-state index in [0.717, 1.165) is 5.06 Å². The lowest BCUT2D eigenvalue weighted by atomic mass is 10.5. The van der Waals surface area contributed by atoms with E-state index in [1.165, 1.54) is 30.8 Å². The second-order valence-corrected chi connectivity index (χ2v) is 4.22. The molecular weight excluding hydrogens is 224 g/mol. The van der Waals surface area contributed by atoms with Gasteiger partial charge in [0.05, 0.1) is 12.9 Å². The lowest BCUT2D eigenvalue weighted by Gasteiger charge is -2.18. The molecule has 0 N–H and O–H groups in total. The zero-order chi connectivity index (χ0) is 10.7. The van der Waals surface area contributed by atoms with Crippen molar-refractivity contribution in [3.05, 3.63) is 0 Å². The van der Waals surface area contributed by atoms with E-state index in [9.17, 15) is 9.59 Å². The Morgan fingerprint density at radius 2 is 2.43 bits per heavy atom. The molecule has 0 saturated carbocycles. The van der Waals surface area contributed by atoms with E-state index in [-0.39, 0.29) is 18.4 Å². The van der Waals surface area contributed by atoms with Gasteiger partial charge < -0.3 is 0 Å². The first-order chi connectivity index (χ1) is 6.56. The Balaban J connectivity index is 2.55. The van der Waals surface area contributed by atoms with Crippen molar-refractivity contribution in [2.45, 2.75) is 0 Å². The summed E-state index contributed by atoms with van der Waals surface area (Å²) < 4.78 is 0.452. The highest BCUT2D eigenvalue weighted by Gasteiger charge is 2.29. The van der Waals surface area contributed by atoms with E-state index in [0.29, 0.717) is 10.1 Å². The minimum Gasteiger partial charge on any atom is -0.287 e. The van der Waals surface area contributed by atoms with Crippen LogP contribution in [0.25, 0.3) is 0 Å². The standard InChI is InChI=1S/C7H10N2O3S2/c1-8(12-2)5(10)3-9-6(11)4-14-7(9)13/h3-4H2,1-2H3. The van der Waals surface area contributed by atoms with Crippen LogP contribution < -0.4 is 0 Å². The molecular formula is C7H10N2O3S2. The Morgan fingerprint density at radius 1 is 1.79 bits per heavy atom. The van der Waals surface area contributed by atoms with Gasteiger partial charge in [0.1, 0.15) is 10.9 Å². The summed E-state index contributed by atoms with van der Waals surface area (Å²) in [6.07, 6.45) is 0. The van der Waals surface area contributed by atoms with Gasteiger partial charge >= 0.3 is 0 Å². The normalized spacial score (nSPS) is 16.3. The highest BCUT2D eigenvalue weighted by molar-refractivity contribution is 8.23. The summed E-state index contributed by atoms with van der Waals surface area (Å²) in [7, 11) is 2.87. The fourth-order valence-corrected chi connectivity index (χ4v) is 1.94. The summed E-state index contributed by atoms with van der Waals surface area (Å²) in [5, 5.41) is 1.07. The Bertz CT molecular complexity index is 266. The number of nitrogens with zero attached hydrogens (tertiary/aromatic N) is 2. The Kier molecular flexibility index (Phi) is 3.85. The number of carbonyl (C=O) groups is 2. The van der Waals surface area contributed by atoms with Crippen molar-refractivity contribution in [3.8, 4) is 0 Å². The predicted octanol–water partition coefficient (Wildman–Crippen LogP) is -0.134. The molecule has 1 rings (SSSR count). The average Bonchev–Trinajstić information content (AvgIpc) is 2.48. The first-order valence-corrected chi connectivity index (χ1v) is 5.23. The summed E-state index contributed by atoms with van der Waals surface area (Å²) in [5.74, 6) is -0.105. The Hall–Kier alpha value is -0.660. The first-order valence-electron chi connectivity index (χ1n) is 3.84. The van der Waals surface area contributed by atoms with Crippen molar-refractivity contribution in [3.63, 3.8) is 0 Å². The average molecular weight is 234 g/mol. The summed E-state index contributed by atoms with van der Waals surface area (Å²) in [6, 6.07) is 0. The van der Waals surface area contributed by atoms with E-state index in [2.05, 4.69) is 4.84 Å². The molecule has 14 heavy (non-hydrogen) atoms. The van der Waals surface area contributed by atoms with Crippen molar-refractivity contribution in [2.75, 3.05) is 26.5 Å². The van der Waals surface area contributed by atoms with Gasteiger partial charge in [0.2, 0.25) is 5.91 Å². The summed E-state index contributed by atoms with van der Waals surface area (Å²) >= 11 is 6.19. The highest BCUT2D eigenvalue weighted by atomic mass is 32.2. The molecule has 0 spiro atoms. The van der Waals surface area contributed by atoms with Gasteiger partial charge in [-0.3, -0.25) is 19.3 Å². The molecule has 7 heteroatoms. The van der Waals surface area contributed by atoms with Gasteiger partial charge in [-0.25, -0.2) is 5.06 Å². The number of hydrogen-bond donors (Lipinski definition) is 0. The van der Waals surface area contributed by atoms with E-state index in [1.54, 1.807) is 0 Å². The SMILES string of the molecule is CON(C)C(=O)CN1C(=O)CSC1=S. The maximum atomic E-state index is 11.4. The third kappa shape index (κ3) is 2.43. The van der Waals surface area contributed by atoms with Crippen LogP contribution in [0, 0.1) is 0 Å². The van der Waals surface area contributed by atoms with Gasteiger partial charge in [0.25, 0.3) is 5.91 Å². The maximum Gasteiger partial charge on any atom is 0.265 e. The molecule has 0 aliphatic carbocycles. The minimum absolute atomic E-state index is 0.0466. The largest absolute Gasteiger partial charge is 0.287 e. The molecule has 0 radical (unpaired) electrons. The number of carbonyl (C=O) groups excluding carboxylic acids is 2. The third-order valence-corrected chi connectivity index (χ3v) is 3.19. The molecule has 1 aliphatic rings. The fourth-order valence-electron chi connectivity index (χ4n) is 0.871. The first kappa shape index (κ1) is 11.4. The molecule has 78 valence electrons. The van der Waals surface area contributed by atoms with Gasteiger partial charge in [0, 0.05) is 7.05 Å². The number of amides is 2. The van der Waals surface area contributed by atoms with Crippen LogP contribution in [-0.2, 0) is 14.4 Å². The molecule has 1 saturated heterocycles. The van der Waals surface area contributed by atoms with Crippen LogP contribution in [0.15, 0.2) is 0 Å². The minimum atomic E-state index is -0.300. The van der Waals surface area contributed by atoms with Crippen LogP contribution in [0.2, 0.25) is 0 Å². The number of hydroxylamine groups is 2. The van der Waals surface area contributed by atoms with Crippen LogP contribution in [0.1, 0.15) is 0 Å². The van der Waals surface area contributed by atoms with E-state index < -0.39 is 0 Å². The molecule has 0 unspecified atom stereocenters. The van der Waals surface area contributed by atoms with E-state index >= 15 is 0 Å². The molecule has 0 atom stereocenters. The summed E-state index contributed by atoms with van der Waals surface area (Å²) in [6.45, 7) is -0.0466. The van der Waals surface area contributed by atoms with E-state index in [4.69, 9.17) is 12.2 Å². The topological polar surface area (TPSA) is 49.9 Å². The predicted molar refractivity (Wildman–Crippen MR) is 56.5 cm³/mol. The zero-order valence-electron chi connectivity index (χ0n) is 7.85. The lowest BCUT2D eigenvalue weighted by Crippen LogP contribution is -2.40. The van der Waals surface area contributed by atoms with Gasteiger partial charge in [-0.05, 0) is 0 Å². The van der Waals surface area contributed by atoms with Gasteiger partial charge in [-0.15, -0.1) is 0 Å². The van der Waals surface area contributed by atoms with Crippen molar-refractivity contribution in [1.29, 1.82) is 0 Å². The van der Waals surface area contributed by atoms with Crippen molar-refractivity contribution in [1.82, 2.24) is 9.96 Å². The summed E-state index contributed by atoms with van der Waals surface area (Å²) in [5.41, 5.74) is 0. The van der Waals surface area contributed by atoms with Crippen molar-refractivity contribution < 1.29 is 14.4 Å². The van der Waals surface area contributed by atoms with Gasteiger partial charge in [0.15, 0.2) is 0 Å². The fraction of sp³-hybridized carbons (Fsp3) is 0.571. The van der Waals surface area contributed by atoms with Crippen LogP contribution >= 0.6 is 24.0 Å². The van der Waals surface area contributed by atoms with Gasteiger partial charge in [-0.1, -0.05) is 24.0 Å². The summed E-state index contributed by atoms with van der Waals surface area (Å²) in [4.78, 5) is 28.6. The molecule has 1 aliphatic heterocycles. The van der Waals surface area contributed by atoms with Crippen LogP contribution in [0.3, 0.4) is 0 Å². The van der Waals surface area contributed by atoms with Crippen LogP contribution in [-0.4, -0.2) is 52.6 Å².